The number of benzene rings is 3. The van der Waals surface area contributed by atoms with Gasteiger partial charge in [0.05, 0.1) is 0 Å². The second-order valence-electron chi connectivity index (χ2n) is 6.45. The molecule has 0 heterocycles. The molecule has 0 amide bonds. The molecule has 0 aliphatic heterocycles. The van der Waals surface area contributed by atoms with Crippen LogP contribution < -0.4 is 4.65 Å². The lowest BCUT2D eigenvalue weighted by Crippen LogP contribution is -2.24. The lowest BCUT2D eigenvalue weighted by atomic mass is 9.68. The highest BCUT2D eigenvalue weighted by Crippen LogP contribution is 2.49. The third-order valence-electron chi connectivity index (χ3n) is 4.80. The van der Waals surface area contributed by atoms with Crippen molar-refractivity contribution in [3.05, 3.63) is 65.7 Å². The third kappa shape index (κ3) is 1.99. The van der Waals surface area contributed by atoms with Crippen molar-refractivity contribution in [2.45, 2.75) is 19.3 Å². The lowest BCUT2D eigenvalue weighted by molar-refractivity contribution is 0.289. The molecule has 4 rings (SSSR count). The van der Waals surface area contributed by atoms with Gasteiger partial charge in [-0.05, 0) is 33.7 Å². The molecule has 23 heavy (non-hydrogen) atoms. The van der Waals surface area contributed by atoms with Crippen molar-refractivity contribution in [1.82, 2.24) is 0 Å². The van der Waals surface area contributed by atoms with Crippen LogP contribution in [0.2, 0.25) is 0 Å². The zero-order valence-electron chi connectivity index (χ0n) is 13.1. The van der Waals surface area contributed by atoms with Crippen molar-refractivity contribution in [2.24, 2.45) is 0 Å². The first-order valence-electron chi connectivity index (χ1n) is 7.69. The molecular formula is C19H17BO3. The predicted octanol–water partition coefficient (Wildman–Crippen LogP) is 3.49. The van der Waals surface area contributed by atoms with E-state index in [2.05, 4.69) is 44.2 Å². The summed E-state index contributed by atoms with van der Waals surface area (Å²) in [6, 6.07) is 18.3. The molecule has 0 saturated carbocycles. The molecule has 0 fully saturated rings. The Kier molecular flexibility index (Phi) is 3.02. The second kappa shape index (κ2) is 4.85. The van der Waals surface area contributed by atoms with Crippen LogP contribution in [0.15, 0.2) is 54.6 Å². The van der Waals surface area contributed by atoms with Crippen LogP contribution in [0.25, 0.3) is 21.9 Å². The largest absolute Gasteiger partial charge is 0.707 e. The van der Waals surface area contributed by atoms with Gasteiger partial charge in [0.25, 0.3) is 0 Å². The maximum atomic E-state index is 9.17. The molecule has 3 aromatic carbocycles. The van der Waals surface area contributed by atoms with Gasteiger partial charge in [-0.1, -0.05) is 62.4 Å². The van der Waals surface area contributed by atoms with Gasteiger partial charge < -0.3 is 14.7 Å². The molecule has 1 aliphatic rings. The average molecular weight is 304 g/mol. The molecule has 0 bridgehead atoms. The van der Waals surface area contributed by atoms with Crippen molar-refractivity contribution in [3.8, 4) is 16.9 Å². The Balaban J connectivity index is 2.13. The SMILES string of the molecule is CC1(C)c2ccccc2-c2ccc(OB(O)O)c3cccc1c23. The fraction of sp³-hybridized carbons (Fsp3) is 0.158. The van der Waals surface area contributed by atoms with E-state index in [0.717, 1.165) is 16.3 Å². The summed E-state index contributed by atoms with van der Waals surface area (Å²) in [7, 11) is -1.82. The minimum Gasteiger partial charge on any atom is -0.512 e. The smallest absolute Gasteiger partial charge is 0.512 e. The number of fused-ring (bicyclic) bond motifs is 2. The molecule has 0 unspecified atom stereocenters. The summed E-state index contributed by atoms with van der Waals surface area (Å²) in [6.45, 7) is 4.44. The molecule has 3 nitrogen and oxygen atoms in total. The summed E-state index contributed by atoms with van der Waals surface area (Å²) >= 11 is 0. The van der Waals surface area contributed by atoms with Gasteiger partial charge in [0.15, 0.2) is 0 Å². The Morgan fingerprint density at radius 2 is 1.57 bits per heavy atom. The standard InChI is InChI=1S/C19H17BO3/c1-19(2)15-8-4-3-6-12(15)13-10-11-17(23-20(21)22)14-7-5-9-16(19)18(13)14/h3-11,21-22H,1-2H3. The zero-order valence-corrected chi connectivity index (χ0v) is 13.1. The minimum atomic E-state index is -1.82. The molecule has 0 radical (unpaired) electrons. The summed E-state index contributed by atoms with van der Waals surface area (Å²) in [5.41, 5.74) is 4.78. The Morgan fingerprint density at radius 1 is 0.826 bits per heavy atom. The zero-order chi connectivity index (χ0) is 16.2. The highest BCUT2D eigenvalue weighted by molar-refractivity contribution is 6.34. The number of hydrogen-bond donors (Lipinski definition) is 2. The van der Waals surface area contributed by atoms with Gasteiger partial charge >= 0.3 is 7.32 Å². The van der Waals surface area contributed by atoms with Crippen LogP contribution >= 0.6 is 0 Å². The molecule has 1 aliphatic carbocycles. The van der Waals surface area contributed by atoms with E-state index < -0.39 is 7.32 Å². The van der Waals surface area contributed by atoms with Gasteiger partial charge in [0.2, 0.25) is 0 Å². The highest BCUT2D eigenvalue weighted by atomic mass is 16.6. The van der Waals surface area contributed by atoms with Gasteiger partial charge in [0.1, 0.15) is 5.75 Å². The van der Waals surface area contributed by atoms with E-state index in [-0.39, 0.29) is 5.41 Å². The van der Waals surface area contributed by atoms with E-state index in [0.29, 0.717) is 5.75 Å². The first-order valence-corrected chi connectivity index (χ1v) is 7.69. The van der Waals surface area contributed by atoms with E-state index in [1.807, 2.05) is 18.2 Å². The first-order chi connectivity index (χ1) is 11.0. The highest BCUT2D eigenvalue weighted by Gasteiger charge is 2.33. The van der Waals surface area contributed by atoms with Gasteiger partial charge in [0, 0.05) is 10.8 Å². The quantitative estimate of drug-likeness (QED) is 0.713. The molecule has 0 atom stereocenters. The summed E-state index contributed by atoms with van der Waals surface area (Å²) in [5.74, 6) is 0.482. The van der Waals surface area contributed by atoms with E-state index in [1.54, 1.807) is 6.07 Å². The number of hydrogen-bond acceptors (Lipinski definition) is 3. The van der Waals surface area contributed by atoms with Gasteiger partial charge in [-0.3, -0.25) is 0 Å². The van der Waals surface area contributed by atoms with Crippen molar-refractivity contribution < 1.29 is 14.7 Å². The van der Waals surface area contributed by atoms with Gasteiger partial charge in [-0.2, -0.15) is 0 Å². The second-order valence-corrected chi connectivity index (χ2v) is 6.45. The first kappa shape index (κ1) is 14.3. The molecule has 0 saturated heterocycles. The topological polar surface area (TPSA) is 49.7 Å². The maximum absolute atomic E-state index is 9.17. The van der Waals surface area contributed by atoms with Crippen LogP contribution in [0.3, 0.4) is 0 Å². The van der Waals surface area contributed by atoms with Crippen molar-refractivity contribution in [1.29, 1.82) is 0 Å². The maximum Gasteiger partial charge on any atom is 0.707 e. The molecule has 4 heteroatoms. The van der Waals surface area contributed by atoms with Gasteiger partial charge in [-0.15, -0.1) is 0 Å². The minimum absolute atomic E-state index is 0.125. The molecule has 114 valence electrons. The molecule has 3 aromatic rings. The Labute approximate surface area is 135 Å². The molecule has 0 aromatic heterocycles. The fourth-order valence-corrected chi connectivity index (χ4v) is 3.75. The van der Waals surface area contributed by atoms with Crippen molar-refractivity contribution in [3.63, 3.8) is 0 Å². The molecule has 2 N–H and O–H groups in total. The van der Waals surface area contributed by atoms with Crippen LogP contribution in [0.1, 0.15) is 25.0 Å². The summed E-state index contributed by atoms with van der Waals surface area (Å²) in [6.07, 6.45) is 0. The number of rotatable bonds is 2. The monoisotopic (exact) mass is 304 g/mol. The Morgan fingerprint density at radius 3 is 2.35 bits per heavy atom. The van der Waals surface area contributed by atoms with Crippen LogP contribution in [0.5, 0.6) is 5.75 Å². The van der Waals surface area contributed by atoms with E-state index >= 15 is 0 Å². The van der Waals surface area contributed by atoms with E-state index in [1.165, 1.54) is 16.7 Å². The van der Waals surface area contributed by atoms with Crippen molar-refractivity contribution in [2.75, 3.05) is 0 Å². The van der Waals surface area contributed by atoms with Crippen LogP contribution in [0, 0.1) is 0 Å². The molecular weight excluding hydrogens is 287 g/mol. The van der Waals surface area contributed by atoms with Crippen LogP contribution in [-0.4, -0.2) is 17.4 Å². The summed E-state index contributed by atoms with van der Waals surface area (Å²) < 4.78 is 5.17. The Bertz CT molecular complexity index is 916. The molecule has 0 spiro atoms. The average Bonchev–Trinajstić information content (AvgIpc) is 2.53. The lowest BCUT2D eigenvalue weighted by Gasteiger charge is -2.35. The Hall–Kier alpha value is -2.30. The van der Waals surface area contributed by atoms with E-state index in [9.17, 15) is 0 Å². The van der Waals surface area contributed by atoms with E-state index in [4.69, 9.17) is 14.7 Å². The van der Waals surface area contributed by atoms with Gasteiger partial charge in [-0.25, -0.2) is 0 Å². The summed E-state index contributed by atoms with van der Waals surface area (Å²) in [4.78, 5) is 0. The van der Waals surface area contributed by atoms with Crippen LogP contribution in [0.4, 0.5) is 0 Å². The van der Waals surface area contributed by atoms with Crippen LogP contribution in [-0.2, 0) is 5.41 Å². The normalized spacial score (nSPS) is 14.4. The summed E-state index contributed by atoms with van der Waals surface area (Å²) in [5, 5.41) is 20.4. The third-order valence-corrected chi connectivity index (χ3v) is 4.80. The van der Waals surface area contributed by atoms with Crippen molar-refractivity contribution >= 4 is 18.1 Å². The predicted molar refractivity (Wildman–Crippen MR) is 92.3 cm³/mol. The fourth-order valence-electron chi connectivity index (χ4n) is 3.75.